The highest BCUT2D eigenvalue weighted by molar-refractivity contribution is 7.89. The minimum atomic E-state index is -3.54. The van der Waals surface area contributed by atoms with Crippen molar-refractivity contribution in [1.29, 1.82) is 0 Å². The zero-order valence-corrected chi connectivity index (χ0v) is 14.5. The molecule has 23 heavy (non-hydrogen) atoms. The number of benzene rings is 1. The first kappa shape index (κ1) is 17.4. The van der Waals surface area contributed by atoms with Gasteiger partial charge in [0.25, 0.3) is 0 Å². The molecule has 0 amide bonds. The van der Waals surface area contributed by atoms with Gasteiger partial charge in [-0.05, 0) is 43.2 Å². The molecule has 0 aliphatic rings. The Labute approximate surface area is 138 Å². The van der Waals surface area contributed by atoms with E-state index in [9.17, 15) is 8.42 Å². The van der Waals surface area contributed by atoms with E-state index in [1.807, 2.05) is 38.1 Å². The van der Waals surface area contributed by atoms with Crippen molar-refractivity contribution in [1.82, 2.24) is 9.29 Å². The van der Waals surface area contributed by atoms with Crippen LogP contribution in [0.5, 0.6) is 5.75 Å². The highest BCUT2D eigenvalue weighted by Gasteiger charge is 2.27. The van der Waals surface area contributed by atoms with Crippen molar-refractivity contribution in [2.75, 3.05) is 13.7 Å². The number of hydrogen-bond acceptors (Lipinski definition) is 4. The molecule has 0 spiro atoms. The van der Waals surface area contributed by atoms with Crippen LogP contribution in [0.25, 0.3) is 0 Å². The number of likely N-dealkylation sites (N-methyl/N-ethyl adjacent to an activating group) is 1. The molecule has 2 rings (SSSR count). The van der Waals surface area contributed by atoms with Gasteiger partial charge in [0.15, 0.2) is 0 Å². The molecule has 0 fully saturated rings. The fraction of sp³-hybridized carbons (Fsp3) is 0.353. The Morgan fingerprint density at radius 2 is 1.91 bits per heavy atom. The highest BCUT2D eigenvalue weighted by Crippen LogP contribution is 2.20. The maximum Gasteiger partial charge on any atom is 0.244 e. The third-order valence-electron chi connectivity index (χ3n) is 3.73. The molecular formula is C17H22N2O3S. The molecule has 5 nitrogen and oxygen atoms in total. The van der Waals surface area contributed by atoms with Crippen molar-refractivity contribution < 1.29 is 13.2 Å². The fourth-order valence-corrected chi connectivity index (χ4v) is 4.16. The second kappa shape index (κ2) is 7.57. The number of aromatic nitrogens is 1. The van der Waals surface area contributed by atoms with Crippen molar-refractivity contribution in [2.45, 2.75) is 31.2 Å². The van der Waals surface area contributed by atoms with Crippen LogP contribution in [0.4, 0.5) is 0 Å². The van der Waals surface area contributed by atoms with Crippen molar-refractivity contribution in [2.24, 2.45) is 0 Å². The van der Waals surface area contributed by atoms with E-state index >= 15 is 0 Å². The molecule has 1 aromatic carbocycles. The van der Waals surface area contributed by atoms with Crippen molar-refractivity contribution in [3.63, 3.8) is 0 Å². The molecular weight excluding hydrogens is 312 g/mol. The molecule has 2 aromatic rings. The van der Waals surface area contributed by atoms with Crippen molar-refractivity contribution in [3.05, 3.63) is 54.4 Å². The van der Waals surface area contributed by atoms with Crippen LogP contribution in [0, 0.1) is 0 Å². The van der Waals surface area contributed by atoms with Gasteiger partial charge >= 0.3 is 0 Å². The van der Waals surface area contributed by atoms with Crippen LogP contribution in [0.3, 0.4) is 0 Å². The average Bonchev–Trinajstić information content (AvgIpc) is 2.56. The Kier molecular flexibility index (Phi) is 5.74. The van der Waals surface area contributed by atoms with Gasteiger partial charge in [0.2, 0.25) is 10.0 Å². The number of pyridine rings is 1. The lowest BCUT2D eigenvalue weighted by Gasteiger charge is -2.27. The third-order valence-corrected chi connectivity index (χ3v) is 5.81. The Bertz CT molecular complexity index is 715. The van der Waals surface area contributed by atoms with Gasteiger partial charge in [-0.25, -0.2) is 8.42 Å². The van der Waals surface area contributed by atoms with Gasteiger partial charge in [-0.15, -0.1) is 0 Å². The summed E-state index contributed by atoms with van der Waals surface area (Å²) in [5, 5.41) is 0. The van der Waals surface area contributed by atoms with E-state index in [0.29, 0.717) is 13.0 Å². The molecule has 0 saturated heterocycles. The van der Waals surface area contributed by atoms with Gasteiger partial charge in [-0.2, -0.15) is 4.31 Å². The maximum absolute atomic E-state index is 12.8. The molecule has 0 aliphatic heterocycles. The summed E-state index contributed by atoms with van der Waals surface area (Å²) in [6.45, 7) is 4.18. The molecule has 0 saturated carbocycles. The average molecular weight is 334 g/mol. The first-order valence-corrected chi connectivity index (χ1v) is 8.97. The molecule has 0 bridgehead atoms. The fourth-order valence-electron chi connectivity index (χ4n) is 2.56. The maximum atomic E-state index is 12.8. The van der Waals surface area contributed by atoms with Crippen LogP contribution in [-0.4, -0.2) is 37.4 Å². The minimum absolute atomic E-state index is 0.154. The summed E-state index contributed by atoms with van der Waals surface area (Å²) >= 11 is 0. The third kappa shape index (κ3) is 4.09. The SMILES string of the molecule is CCN([C@@H](C)Cc1ccc(OC)cc1)S(=O)(=O)c1cccnc1. The first-order valence-electron chi connectivity index (χ1n) is 7.53. The Morgan fingerprint density at radius 1 is 1.22 bits per heavy atom. The standard InChI is InChI=1S/C17H22N2O3S/c1-4-19(23(20,21)17-6-5-11-18-13-17)14(2)12-15-7-9-16(22-3)10-8-15/h5-11,13-14H,4,12H2,1-3H3/t14-/m0/s1. The predicted octanol–water partition coefficient (Wildman–Crippen LogP) is 2.73. The lowest BCUT2D eigenvalue weighted by Crippen LogP contribution is -2.39. The molecule has 1 heterocycles. The van der Waals surface area contributed by atoms with E-state index in [2.05, 4.69) is 4.98 Å². The number of rotatable bonds is 7. The topological polar surface area (TPSA) is 59.5 Å². The van der Waals surface area contributed by atoms with Crippen molar-refractivity contribution >= 4 is 10.0 Å². The number of hydrogen-bond donors (Lipinski definition) is 0. The largest absolute Gasteiger partial charge is 0.497 e. The second-order valence-electron chi connectivity index (χ2n) is 5.30. The number of methoxy groups -OCH3 is 1. The highest BCUT2D eigenvalue weighted by atomic mass is 32.2. The van der Waals surface area contributed by atoms with E-state index in [4.69, 9.17) is 4.74 Å². The van der Waals surface area contributed by atoms with Gasteiger partial charge in [-0.3, -0.25) is 4.98 Å². The molecule has 0 aliphatic carbocycles. The van der Waals surface area contributed by atoms with Gasteiger partial charge in [-0.1, -0.05) is 19.1 Å². The quantitative estimate of drug-likeness (QED) is 0.781. The lowest BCUT2D eigenvalue weighted by molar-refractivity contribution is 0.347. The Hall–Kier alpha value is -1.92. The van der Waals surface area contributed by atoms with E-state index < -0.39 is 10.0 Å². The summed E-state index contributed by atoms with van der Waals surface area (Å²) in [6, 6.07) is 10.7. The summed E-state index contributed by atoms with van der Waals surface area (Å²) in [4.78, 5) is 4.14. The zero-order valence-electron chi connectivity index (χ0n) is 13.6. The minimum Gasteiger partial charge on any atom is -0.497 e. The molecule has 1 aromatic heterocycles. The molecule has 0 N–H and O–H groups in total. The van der Waals surface area contributed by atoms with E-state index in [1.165, 1.54) is 10.5 Å². The number of sulfonamides is 1. The predicted molar refractivity (Wildman–Crippen MR) is 90.0 cm³/mol. The molecule has 1 atom stereocenters. The van der Waals surface area contributed by atoms with Crippen molar-refractivity contribution in [3.8, 4) is 5.75 Å². The summed E-state index contributed by atoms with van der Waals surface area (Å²) in [5.74, 6) is 0.789. The Morgan fingerprint density at radius 3 is 2.43 bits per heavy atom. The van der Waals surface area contributed by atoms with Gasteiger partial charge in [0, 0.05) is 25.0 Å². The summed E-state index contributed by atoms with van der Waals surface area (Å²) < 4.78 is 32.2. The van der Waals surface area contributed by atoms with Gasteiger partial charge < -0.3 is 4.74 Å². The van der Waals surface area contributed by atoms with Gasteiger partial charge in [0.1, 0.15) is 10.6 Å². The van der Waals surface area contributed by atoms with Crippen LogP contribution in [0.2, 0.25) is 0 Å². The van der Waals surface area contributed by atoms with Crippen LogP contribution in [0.15, 0.2) is 53.7 Å². The lowest BCUT2D eigenvalue weighted by atomic mass is 10.1. The second-order valence-corrected chi connectivity index (χ2v) is 7.19. The van der Waals surface area contributed by atoms with Crippen LogP contribution >= 0.6 is 0 Å². The smallest absolute Gasteiger partial charge is 0.244 e. The van der Waals surface area contributed by atoms with Crippen LogP contribution in [-0.2, 0) is 16.4 Å². The molecule has 124 valence electrons. The van der Waals surface area contributed by atoms with Crippen LogP contribution < -0.4 is 4.74 Å². The van der Waals surface area contributed by atoms with E-state index in [1.54, 1.807) is 25.4 Å². The summed E-state index contributed by atoms with van der Waals surface area (Å²) in [7, 11) is -1.92. The number of nitrogens with zero attached hydrogens (tertiary/aromatic N) is 2. The molecule has 6 heteroatoms. The van der Waals surface area contributed by atoms with Gasteiger partial charge in [0.05, 0.1) is 7.11 Å². The normalized spacial score (nSPS) is 13.0. The molecule has 0 radical (unpaired) electrons. The Balaban J connectivity index is 2.19. The number of ether oxygens (including phenoxy) is 1. The molecule has 0 unspecified atom stereocenters. The van der Waals surface area contributed by atoms with E-state index in [0.717, 1.165) is 11.3 Å². The van der Waals surface area contributed by atoms with Crippen LogP contribution in [0.1, 0.15) is 19.4 Å². The monoisotopic (exact) mass is 334 g/mol. The first-order chi connectivity index (χ1) is 11.0. The summed E-state index contributed by atoms with van der Waals surface area (Å²) in [6.07, 6.45) is 3.59. The van der Waals surface area contributed by atoms with E-state index in [-0.39, 0.29) is 10.9 Å². The zero-order chi connectivity index (χ0) is 16.9. The summed E-state index contributed by atoms with van der Waals surface area (Å²) in [5.41, 5.74) is 1.07.